The number of carbonyl (C=O) groups excluding carboxylic acids is 1. The minimum atomic E-state index is -3.68. The van der Waals surface area contributed by atoms with Crippen LogP contribution in [0.5, 0.6) is 0 Å². The zero-order chi connectivity index (χ0) is 21.0. The van der Waals surface area contributed by atoms with E-state index in [4.69, 9.17) is 16.8 Å². The van der Waals surface area contributed by atoms with Crippen LogP contribution in [0.3, 0.4) is 0 Å². The Labute approximate surface area is 176 Å². The van der Waals surface area contributed by atoms with E-state index >= 15 is 0 Å². The van der Waals surface area contributed by atoms with Crippen molar-refractivity contribution < 1.29 is 18.4 Å². The molecule has 3 atom stereocenters. The highest BCUT2D eigenvalue weighted by atomic mass is 35.5. The van der Waals surface area contributed by atoms with Crippen molar-refractivity contribution in [1.82, 2.24) is 9.79 Å². The summed E-state index contributed by atoms with van der Waals surface area (Å²) in [6.07, 6.45) is 4.32. The first-order chi connectivity index (χ1) is 13.9. The van der Waals surface area contributed by atoms with Crippen LogP contribution in [0, 0.1) is 5.92 Å². The molecule has 0 aromatic heterocycles. The van der Waals surface area contributed by atoms with E-state index in [2.05, 4.69) is 0 Å². The van der Waals surface area contributed by atoms with E-state index in [0.29, 0.717) is 17.4 Å². The van der Waals surface area contributed by atoms with Gasteiger partial charge in [0.2, 0.25) is 10.0 Å². The number of halogens is 1. The van der Waals surface area contributed by atoms with Gasteiger partial charge in [-0.1, -0.05) is 42.3 Å². The Morgan fingerprint density at radius 2 is 1.62 bits per heavy atom. The highest BCUT2D eigenvalue weighted by Gasteiger charge is 2.49. The van der Waals surface area contributed by atoms with Crippen LogP contribution in [-0.4, -0.2) is 43.3 Å². The van der Waals surface area contributed by atoms with Gasteiger partial charge in [0.15, 0.2) is 0 Å². The molecule has 0 bridgehead atoms. The zero-order valence-corrected chi connectivity index (χ0v) is 17.7. The molecule has 4 rings (SSSR count). The van der Waals surface area contributed by atoms with E-state index in [0.717, 1.165) is 36.7 Å². The fourth-order valence-electron chi connectivity index (χ4n) is 4.34. The maximum absolute atomic E-state index is 13.2. The number of fused-ring (bicyclic) bond motifs is 1. The van der Waals surface area contributed by atoms with Gasteiger partial charge in [0.1, 0.15) is 6.29 Å². The standard InChI is InChI=1S/C20H20ClNO3S.CH5NO/c21-17-8-4-14(5-9-17)15-6-10-19(11-7-15)26(24,25)22-18(13-23)12-16-2-1-3-20(16)22;1-2-3/h4-11,13,16,18,20H,1-3,12H2;2-3H,1H3/t16-,18-,20-;/m1./s1. The summed E-state index contributed by atoms with van der Waals surface area (Å²) < 4.78 is 27.8. The molecular weight excluding hydrogens is 412 g/mol. The summed E-state index contributed by atoms with van der Waals surface area (Å²) in [5.74, 6) is 0.313. The number of hydrogen-bond acceptors (Lipinski definition) is 5. The molecule has 1 aliphatic heterocycles. The molecule has 2 aromatic carbocycles. The lowest BCUT2D eigenvalue weighted by Gasteiger charge is -2.26. The minimum absolute atomic E-state index is 0.0360. The van der Waals surface area contributed by atoms with Gasteiger partial charge in [-0.3, -0.25) is 0 Å². The molecule has 0 unspecified atom stereocenters. The molecule has 1 saturated carbocycles. The zero-order valence-electron chi connectivity index (χ0n) is 16.2. The molecule has 2 aromatic rings. The van der Waals surface area contributed by atoms with Crippen molar-refractivity contribution in [3.8, 4) is 11.1 Å². The predicted molar refractivity (Wildman–Crippen MR) is 112 cm³/mol. The van der Waals surface area contributed by atoms with Crippen molar-refractivity contribution >= 4 is 27.9 Å². The molecule has 0 spiro atoms. The minimum Gasteiger partial charge on any atom is -0.317 e. The molecule has 2 N–H and O–H groups in total. The van der Waals surface area contributed by atoms with Crippen molar-refractivity contribution in [3.63, 3.8) is 0 Å². The summed E-state index contributed by atoms with van der Waals surface area (Å²) >= 11 is 5.92. The second kappa shape index (κ2) is 9.36. The van der Waals surface area contributed by atoms with Crippen LogP contribution in [0.25, 0.3) is 11.1 Å². The van der Waals surface area contributed by atoms with Crippen molar-refractivity contribution in [2.24, 2.45) is 5.92 Å². The molecule has 156 valence electrons. The van der Waals surface area contributed by atoms with Gasteiger partial charge in [0.05, 0.1) is 10.9 Å². The number of rotatable bonds is 4. The quantitative estimate of drug-likeness (QED) is 0.563. The lowest BCUT2D eigenvalue weighted by Crippen LogP contribution is -2.41. The molecular formula is C21H25ClN2O4S. The van der Waals surface area contributed by atoms with Gasteiger partial charge >= 0.3 is 0 Å². The Balaban J connectivity index is 0.000000755. The van der Waals surface area contributed by atoms with Gasteiger partial charge in [-0.25, -0.2) is 13.9 Å². The molecule has 2 fully saturated rings. The van der Waals surface area contributed by atoms with Crippen LogP contribution in [-0.2, 0) is 14.8 Å². The molecule has 1 heterocycles. The van der Waals surface area contributed by atoms with Gasteiger partial charge in [0.25, 0.3) is 0 Å². The van der Waals surface area contributed by atoms with Crippen LogP contribution in [0.2, 0.25) is 5.02 Å². The third-order valence-corrected chi connectivity index (χ3v) is 7.80. The second-order valence-electron chi connectivity index (χ2n) is 7.29. The maximum atomic E-state index is 13.2. The normalized spacial score (nSPS) is 23.9. The monoisotopic (exact) mass is 436 g/mol. The lowest BCUT2D eigenvalue weighted by molar-refractivity contribution is -0.110. The summed E-state index contributed by atoms with van der Waals surface area (Å²) in [5, 5.41) is 7.98. The number of benzene rings is 2. The Kier molecular flexibility index (Phi) is 7.08. The van der Waals surface area contributed by atoms with Gasteiger partial charge in [-0.15, -0.1) is 0 Å². The van der Waals surface area contributed by atoms with Crippen molar-refractivity contribution in [2.45, 2.75) is 42.7 Å². The highest BCUT2D eigenvalue weighted by Crippen LogP contribution is 2.43. The van der Waals surface area contributed by atoms with Crippen molar-refractivity contribution in [3.05, 3.63) is 53.6 Å². The Hall–Kier alpha value is -1.77. The third kappa shape index (κ3) is 4.54. The maximum Gasteiger partial charge on any atom is 0.243 e. The van der Waals surface area contributed by atoms with Crippen molar-refractivity contribution in [2.75, 3.05) is 7.05 Å². The third-order valence-electron chi connectivity index (χ3n) is 5.58. The van der Waals surface area contributed by atoms with Gasteiger partial charge in [0, 0.05) is 18.1 Å². The van der Waals surface area contributed by atoms with E-state index in [1.54, 1.807) is 41.9 Å². The van der Waals surface area contributed by atoms with Crippen LogP contribution >= 0.6 is 11.6 Å². The molecule has 6 nitrogen and oxygen atoms in total. The van der Waals surface area contributed by atoms with Gasteiger partial charge in [-0.2, -0.15) is 4.31 Å². The first-order valence-corrected chi connectivity index (χ1v) is 11.4. The molecule has 0 radical (unpaired) electrons. The largest absolute Gasteiger partial charge is 0.317 e. The van der Waals surface area contributed by atoms with E-state index in [-0.39, 0.29) is 10.9 Å². The number of nitrogens with zero attached hydrogens (tertiary/aromatic N) is 1. The van der Waals surface area contributed by atoms with E-state index in [1.165, 1.54) is 11.4 Å². The SMILES string of the molecule is CNO.O=C[C@H]1C[C@H]2CCC[C@H]2N1S(=O)(=O)c1ccc(-c2ccc(Cl)cc2)cc1. The first kappa shape index (κ1) is 21.9. The summed E-state index contributed by atoms with van der Waals surface area (Å²) in [4.78, 5) is 11.7. The fraction of sp³-hybridized carbons (Fsp3) is 0.381. The van der Waals surface area contributed by atoms with Crippen LogP contribution in [0.4, 0.5) is 0 Å². The molecule has 0 amide bonds. The molecule has 2 aliphatic rings. The summed E-state index contributed by atoms with van der Waals surface area (Å²) in [6.45, 7) is 0. The lowest BCUT2D eigenvalue weighted by atomic mass is 10.0. The van der Waals surface area contributed by atoms with Crippen molar-refractivity contribution in [1.29, 1.82) is 0 Å². The van der Waals surface area contributed by atoms with Crippen LogP contribution in [0.15, 0.2) is 53.4 Å². The summed E-state index contributed by atoms with van der Waals surface area (Å²) in [6, 6.07) is 13.7. The average Bonchev–Trinajstić information content (AvgIpc) is 3.30. The Bertz CT molecular complexity index is 932. The summed E-state index contributed by atoms with van der Waals surface area (Å²) in [5.41, 5.74) is 3.65. The van der Waals surface area contributed by atoms with Crippen LogP contribution in [0.1, 0.15) is 25.7 Å². The van der Waals surface area contributed by atoms with E-state index in [9.17, 15) is 13.2 Å². The molecule has 29 heavy (non-hydrogen) atoms. The van der Waals surface area contributed by atoms with Crippen LogP contribution < -0.4 is 5.48 Å². The van der Waals surface area contributed by atoms with Gasteiger partial charge < -0.3 is 10.0 Å². The Morgan fingerprint density at radius 1 is 1.07 bits per heavy atom. The number of hydrogen-bond donors (Lipinski definition) is 2. The van der Waals surface area contributed by atoms with E-state index < -0.39 is 16.1 Å². The fourth-order valence-corrected chi connectivity index (χ4v) is 6.32. The molecule has 1 aliphatic carbocycles. The molecule has 1 saturated heterocycles. The number of sulfonamides is 1. The average molecular weight is 437 g/mol. The highest BCUT2D eigenvalue weighted by molar-refractivity contribution is 7.89. The number of nitrogens with one attached hydrogen (secondary N) is 1. The Morgan fingerprint density at radius 3 is 2.17 bits per heavy atom. The number of aldehydes is 1. The first-order valence-electron chi connectivity index (χ1n) is 9.58. The number of carbonyl (C=O) groups is 1. The van der Waals surface area contributed by atoms with E-state index in [1.807, 2.05) is 12.1 Å². The summed E-state index contributed by atoms with van der Waals surface area (Å²) in [7, 11) is -2.25. The predicted octanol–water partition coefficient (Wildman–Crippen LogP) is 3.73. The number of hydroxylamine groups is 1. The second-order valence-corrected chi connectivity index (χ2v) is 9.57. The van der Waals surface area contributed by atoms with Gasteiger partial charge in [-0.05, 0) is 60.6 Å². The topological polar surface area (TPSA) is 86.7 Å². The molecule has 8 heteroatoms. The smallest absolute Gasteiger partial charge is 0.243 e.